The fraction of sp³-hybridized carbons (Fsp3) is 0.333. The number of carbonyl (C=O) groups is 1. The van der Waals surface area contributed by atoms with E-state index in [9.17, 15) is 4.79 Å². The number of hydrogen-bond acceptors (Lipinski definition) is 5. The fourth-order valence-corrected chi connectivity index (χ4v) is 5.36. The molecule has 0 saturated carbocycles. The number of ether oxygens (including phenoxy) is 2. The van der Waals surface area contributed by atoms with Gasteiger partial charge in [0.2, 0.25) is 0 Å². The maximum Gasteiger partial charge on any atom is 0.133 e. The van der Waals surface area contributed by atoms with Crippen LogP contribution in [0.2, 0.25) is 0 Å². The van der Waals surface area contributed by atoms with E-state index < -0.39 is 0 Å². The van der Waals surface area contributed by atoms with Crippen LogP contribution in [0.3, 0.4) is 0 Å². The second-order valence-electron chi connectivity index (χ2n) is 10.8. The fourth-order valence-electron chi connectivity index (χ4n) is 5.36. The summed E-state index contributed by atoms with van der Waals surface area (Å²) in [6, 6.07) is 30.0. The maximum atomic E-state index is 12.3. The van der Waals surface area contributed by atoms with Crippen molar-refractivity contribution in [3.05, 3.63) is 120 Å². The van der Waals surface area contributed by atoms with E-state index in [1.165, 1.54) is 22.3 Å². The van der Waals surface area contributed by atoms with E-state index in [0.717, 1.165) is 62.4 Å². The average molecular weight is 549 g/mol. The number of para-hydroxylation sites is 1. The van der Waals surface area contributed by atoms with Gasteiger partial charge in [-0.05, 0) is 65.8 Å². The number of carbonyl (C=O) groups excluding carboxylic acids is 1. The highest BCUT2D eigenvalue weighted by Gasteiger charge is 2.19. The van der Waals surface area contributed by atoms with Gasteiger partial charge < -0.3 is 9.47 Å². The molecule has 1 aromatic heterocycles. The van der Waals surface area contributed by atoms with Crippen LogP contribution >= 0.6 is 0 Å². The minimum Gasteiger partial charge on any atom is -0.493 e. The van der Waals surface area contributed by atoms with Gasteiger partial charge in [-0.3, -0.25) is 14.7 Å². The highest BCUT2D eigenvalue weighted by atomic mass is 16.5. The van der Waals surface area contributed by atoms with E-state index in [2.05, 4.69) is 83.5 Å². The molecule has 1 atom stereocenters. The smallest absolute Gasteiger partial charge is 0.133 e. The van der Waals surface area contributed by atoms with Gasteiger partial charge in [0, 0.05) is 56.4 Å². The average Bonchev–Trinajstić information content (AvgIpc) is 3.04. The predicted octanol–water partition coefficient (Wildman–Crippen LogP) is 6.90. The molecule has 1 unspecified atom stereocenters. The lowest BCUT2D eigenvalue weighted by Gasteiger charge is -2.32. The third-order valence-corrected chi connectivity index (χ3v) is 7.94. The molecule has 3 aromatic carbocycles. The molecule has 0 amide bonds. The molecule has 41 heavy (non-hydrogen) atoms. The largest absolute Gasteiger partial charge is 0.493 e. The van der Waals surface area contributed by atoms with E-state index in [0.29, 0.717) is 31.3 Å². The van der Waals surface area contributed by atoms with E-state index in [1.807, 2.05) is 24.4 Å². The van der Waals surface area contributed by atoms with Crippen LogP contribution in [0.1, 0.15) is 48.1 Å². The zero-order chi connectivity index (χ0) is 28.3. The highest BCUT2D eigenvalue weighted by molar-refractivity contribution is 5.78. The number of hydrogen-bond donors (Lipinski definition) is 0. The third-order valence-electron chi connectivity index (χ3n) is 7.94. The van der Waals surface area contributed by atoms with Crippen molar-refractivity contribution in [2.24, 2.45) is 0 Å². The lowest BCUT2D eigenvalue weighted by molar-refractivity contribution is -0.119. The van der Waals surface area contributed by atoms with Crippen LogP contribution in [0.15, 0.2) is 97.3 Å². The van der Waals surface area contributed by atoms with Crippen LogP contribution in [0, 0.1) is 0 Å². The Morgan fingerprint density at radius 3 is 2.34 bits per heavy atom. The Labute approximate surface area is 244 Å². The molecule has 5 rings (SSSR count). The van der Waals surface area contributed by atoms with Crippen LogP contribution in [0.5, 0.6) is 5.75 Å². The van der Waals surface area contributed by atoms with Gasteiger partial charge in [0.15, 0.2) is 0 Å². The molecular formula is C36H40N2O3. The minimum atomic E-state index is 0.297. The van der Waals surface area contributed by atoms with Crippen LogP contribution in [-0.4, -0.2) is 48.6 Å². The summed E-state index contributed by atoms with van der Waals surface area (Å²) in [6.45, 7) is 6.42. The molecule has 1 aliphatic heterocycles. The highest BCUT2D eigenvalue weighted by Crippen LogP contribution is 2.32. The number of aryl methyl sites for hydroxylation is 2. The van der Waals surface area contributed by atoms with Gasteiger partial charge in [-0.2, -0.15) is 0 Å². The van der Waals surface area contributed by atoms with Crippen molar-refractivity contribution in [3.63, 3.8) is 0 Å². The first kappa shape index (κ1) is 28.7. The number of pyridine rings is 1. The number of nitrogens with zero attached hydrogens (tertiary/aromatic N) is 2. The third kappa shape index (κ3) is 8.35. The van der Waals surface area contributed by atoms with Crippen LogP contribution in [-0.2, 0) is 28.8 Å². The summed E-state index contributed by atoms with van der Waals surface area (Å²) in [7, 11) is 0. The topological polar surface area (TPSA) is 51.7 Å². The van der Waals surface area contributed by atoms with Crippen LogP contribution < -0.4 is 4.74 Å². The maximum absolute atomic E-state index is 12.3. The number of Topliss-reactive ketones (excluding diaryl/α,β-unsaturated/α-hetero) is 1. The number of morpholine rings is 1. The Kier molecular flexibility index (Phi) is 10.3. The molecule has 1 fully saturated rings. The molecule has 0 N–H and O–H groups in total. The Morgan fingerprint density at radius 1 is 0.854 bits per heavy atom. The minimum absolute atomic E-state index is 0.297. The molecule has 4 aromatic rings. The second kappa shape index (κ2) is 14.7. The first-order valence-electron chi connectivity index (χ1n) is 14.8. The molecule has 212 valence electrons. The molecule has 0 aliphatic carbocycles. The Hall–Kier alpha value is -3.80. The Bertz CT molecular complexity index is 1380. The molecule has 2 heterocycles. The van der Waals surface area contributed by atoms with E-state index >= 15 is 0 Å². The molecule has 0 radical (unpaired) electrons. The SMILES string of the molecule is CC(c1cccc(-c2ccccc2OCCc2ccc(CCC(=O)CCc3cccnc3)cc2)c1)N1CCOCC1. The summed E-state index contributed by atoms with van der Waals surface area (Å²) in [4.78, 5) is 18.9. The normalized spacial score (nSPS) is 14.5. The van der Waals surface area contributed by atoms with Gasteiger partial charge in [-0.25, -0.2) is 0 Å². The van der Waals surface area contributed by atoms with Gasteiger partial charge in [0.05, 0.1) is 19.8 Å². The van der Waals surface area contributed by atoms with Gasteiger partial charge in [-0.1, -0.05) is 66.7 Å². The van der Waals surface area contributed by atoms with Crippen molar-refractivity contribution >= 4 is 5.78 Å². The first-order valence-corrected chi connectivity index (χ1v) is 14.8. The summed E-state index contributed by atoms with van der Waals surface area (Å²) in [5.74, 6) is 1.20. The van der Waals surface area contributed by atoms with Crippen molar-refractivity contribution in [1.82, 2.24) is 9.88 Å². The van der Waals surface area contributed by atoms with Crippen molar-refractivity contribution in [2.45, 2.75) is 45.1 Å². The van der Waals surface area contributed by atoms with Gasteiger partial charge in [0.1, 0.15) is 11.5 Å². The predicted molar refractivity (Wildman–Crippen MR) is 164 cm³/mol. The van der Waals surface area contributed by atoms with E-state index in [1.54, 1.807) is 6.20 Å². The van der Waals surface area contributed by atoms with Crippen molar-refractivity contribution in [1.29, 1.82) is 0 Å². The number of ketones is 1. The summed E-state index contributed by atoms with van der Waals surface area (Å²) < 4.78 is 11.8. The summed E-state index contributed by atoms with van der Waals surface area (Å²) in [6.07, 6.45) is 7.10. The standard InChI is InChI=1S/C36H40N2O3/c1-28(38-21-24-40-25-22-38)32-7-4-8-33(26-32)35-9-2-3-10-36(35)41-23-19-30-13-11-29(12-14-30)15-17-34(39)18-16-31-6-5-20-37-27-31/h2-14,20,26-28H,15-19,21-25H2,1H3. The summed E-state index contributed by atoms with van der Waals surface area (Å²) in [5.41, 5.74) is 7.15. The van der Waals surface area contributed by atoms with Crippen molar-refractivity contribution in [2.75, 3.05) is 32.9 Å². The van der Waals surface area contributed by atoms with E-state index in [4.69, 9.17) is 9.47 Å². The van der Waals surface area contributed by atoms with Crippen molar-refractivity contribution in [3.8, 4) is 16.9 Å². The molecule has 5 nitrogen and oxygen atoms in total. The van der Waals surface area contributed by atoms with Gasteiger partial charge >= 0.3 is 0 Å². The molecule has 1 aliphatic rings. The van der Waals surface area contributed by atoms with Crippen LogP contribution in [0.4, 0.5) is 0 Å². The monoisotopic (exact) mass is 548 g/mol. The summed E-state index contributed by atoms with van der Waals surface area (Å²) >= 11 is 0. The lowest BCUT2D eigenvalue weighted by Crippen LogP contribution is -2.38. The molecule has 0 spiro atoms. The molecule has 1 saturated heterocycles. The second-order valence-corrected chi connectivity index (χ2v) is 10.8. The number of benzene rings is 3. The first-order chi connectivity index (χ1) is 20.2. The van der Waals surface area contributed by atoms with Gasteiger partial charge in [0.25, 0.3) is 0 Å². The summed E-state index contributed by atoms with van der Waals surface area (Å²) in [5, 5.41) is 0. The zero-order valence-corrected chi connectivity index (χ0v) is 24.0. The molecule has 0 bridgehead atoms. The molecule has 5 heteroatoms. The lowest BCUT2D eigenvalue weighted by atomic mass is 9.98. The molecular weight excluding hydrogens is 508 g/mol. The Balaban J connectivity index is 1.11. The van der Waals surface area contributed by atoms with E-state index in [-0.39, 0.29) is 0 Å². The van der Waals surface area contributed by atoms with Gasteiger partial charge in [-0.15, -0.1) is 0 Å². The van der Waals surface area contributed by atoms with Crippen molar-refractivity contribution < 1.29 is 14.3 Å². The zero-order valence-electron chi connectivity index (χ0n) is 24.0. The quantitative estimate of drug-likeness (QED) is 0.182. The number of aromatic nitrogens is 1. The van der Waals surface area contributed by atoms with Crippen LogP contribution in [0.25, 0.3) is 11.1 Å². The number of rotatable bonds is 13. The Morgan fingerprint density at radius 2 is 1.59 bits per heavy atom.